The van der Waals surface area contributed by atoms with Gasteiger partial charge in [-0.15, -0.1) is 0 Å². The summed E-state index contributed by atoms with van der Waals surface area (Å²) in [6.45, 7) is 1.89. The van der Waals surface area contributed by atoms with Crippen molar-refractivity contribution in [2.45, 2.75) is 32.6 Å². The Morgan fingerprint density at radius 3 is 2.50 bits per heavy atom. The third kappa shape index (κ3) is 2.02. The minimum atomic E-state index is -0.826. The summed E-state index contributed by atoms with van der Waals surface area (Å²) in [7, 11) is 0. The Bertz CT molecular complexity index is 671. The molecule has 0 fully saturated rings. The van der Waals surface area contributed by atoms with Gasteiger partial charge in [-0.2, -0.15) is 0 Å². The zero-order valence-electron chi connectivity index (χ0n) is 11.3. The van der Waals surface area contributed by atoms with Gasteiger partial charge in [-0.05, 0) is 62.4 Å². The average Bonchev–Trinajstić information content (AvgIpc) is 2.72. The number of aromatic carboxylic acids is 1. The molecule has 0 amide bonds. The first-order valence-corrected chi connectivity index (χ1v) is 7.19. The van der Waals surface area contributed by atoms with Crippen molar-refractivity contribution in [2.24, 2.45) is 0 Å². The number of rotatable bonds is 2. The van der Waals surface area contributed by atoms with Crippen molar-refractivity contribution in [2.75, 3.05) is 0 Å². The van der Waals surface area contributed by atoms with Gasteiger partial charge in [0, 0.05) is 22.1 Å². The number of benzene rings is 1. The lowest BCUT2D eigenvalue weighted by Gasteiger charge is -2.16. The first-order valence-electron chi connectivity index (χ1n) is 6.82. The van der Waals surface area contributed by atoms with E-state index in [1.165, 1.54) is 0 Å². The van der Waals surface area contributed by atoms with Crippen molar-refractivity contribution >= 4 is 17.6 Å². The molecule has 2 aromatic rings. The van der Waals surface area contributed by atoms with Gasteiger partial charge in [-0.3, -0.25) is 0 Å². The molecule has 4 heteroatoms. The Labute approximate surface area is 122 Å². The fourth-order valence-corrected chi connectivity index (χ4v) is 3.29. The number of carboxylic acids is 1. The maximum absolute atomic E-state index is 11.6. The van der Waals surface area contributed by atoms with E-state index in [1.54, 1.807) is 0 Å². The van der Waals surface area contributed by atoms with Gasteiger partial charge in [0.25, 0.3) is 0 Å². The van der Waals surface area contributed by atoms with Crippen molar-refractivity contribution in [1.29, 1.82) is 0 Å². The third-order valence-electron chi connectivity index (χ3n) is 4.01. The summed E-state index contributed by atoms with van der Waals surface area (Å²) in [5.41, 5.74) is 4.43. The van der Waals surface area contributed by atoms with Crippen LogP contribution in [0.2, 0.25) is 5.02 Å². The maximum Gasteiger partial charge on any atom is 0.337 e. The minimum Gasteiger partial charge on any atom is -0.478 e. The molecule has 0 aliphatic heterocycles. The van der Waals surface area contributed by atoms with Crippen molar-refractivity contribution in [3.05, 3.63) is 51.8 Å². The zero-order valence-corrected chi connectivity index (χ0v) is 12.1. The number of nitrogens with zero attached hydrogens (tertiary/aromatic N) is 1. The smallest absolute Gasteiger partial charge is 0.337 e. The predicted molar refractivity (Wildman–Crippen MR) is 79.1 cm³/mol. The van der Waals surface area contributed by atoms with Crippen LogP contribution in [-0.2, 0) is 12.8 Å². The Hall–Kier alpha value is -1.74. The summed E-state index contributed by atoms with van der Waals surface area (Å²) in [6, 6.07) is 7.56. The van der Waals surface area contributed by atoms with Crippen LogP contribution in [0.3, 0.4) is 0 Å². The van der Waals surface area contributed by atoms with E-state index in [0.717, 1.165) is 48.3 Å². The molecule has 1 aromatic carbocycles. The lowest BCUT2D eigenvalue weighted by Crippen LogP contribution is -2.08. The van der Waals surface area contributed by atoms with Crippen LogP contribution in [0, 0.1) is 6.92 Å². The molecule has 1 aliphatic rings. The highest BCUT2D eigenvalue weighted by Crippen LogP contribution is 2.32. The van der Waals surface area contributed by atoms with Crippen LogP contribution in [0.1, 0.15) is 40.2 Å². The number of hydrogen-bond donors (Lipinski definition) is 1. The van der Waals surface area contributed by atoms with Gasteiger partial charge in [0.1, 0.15) is 0 Å². The molecular formula is C16H16ClNO2. The van der Waals surface area contributed by atoms with E-state index in [-0.39, 0.29) is 0 Å². The molecule has 1 heterocycles. The van der Waals surface area contributed by atoms with Crippen LogP contribution < -0.4 is 0 Å². The van der Waals surface area contributed by atoms with Gasteiger partial charge < -0.3 is 9.67 Å². The Balaban J connectivity index is 2.25. The molecule has 0 unspecified atom stereocenters. The van der Waals surface area contributed by atoms with Crippen LogP contribution >= 0.6 is 11.6 Å². The van der Waals surface area contributed by atoms with Gasteiger partial charge in [0.2, 0.25) is 0 Å². The fourth-order valence-electron chi connectivity index (χ4n) is 3.16. The van der Waals surface area contributed by atoms with Gasteiger partial charge in [-0.25, -0.2) is 4.79 Å². The van der Waals surface area contributed by atoms with E-state index in [4.69, 9.17) is 11.6 Å². The molecule has 1 N–H and O–H groups in total. The third-order valence-corrected chi connectivity index (χ3v) is 4.26. The summed E-state index contributed by atoms with van der Waals surface area (Å²) in [4.78, 5) is 11.6. The van der Waals surface area contributed by atoms with Gasteiger partial charge in [0.05, 0.1) is 5.56 Å². The summed E-state index contributed by atoms with van der Waals surface area (Å²) >= 11 is 5.93. The quantitative estimate of drug-likeness (QED) is 0.907. The van der Waals surface area contributed by atoms with Crippen LogP contribution in [0.4, 0.5) is 0 Å². The number of aromatic nitrogens is 1. The van der Waals surface area contributed by atoms with Crippen LogP contribution in [-0.4, -0.2) is 15.6 Å². The van der Waals surface area contributed by atoms with Gasteiger partial charge >= 0.3 is 5.97 Å². The molecule has 0 spiro atoms. The Morgan fingerprint density at radius 2 is 1.85 bits per heavy atom. The second kappa shape index (κ2) is 4.98. The van der Waals surface area contributed by atoms with Crippen molar-refractivity contribution in [3.8, 4) is 5.69 Å². The normalized spacial score (nSPS) is 14.1. The topological polar surface area (TPSA) is 42.2 Å². The highest BCUT2D eigenvalue weighted by Gasteiger charge is 2.26. The van der Waals surface area contributed by atoms with Gasteiger partial charge in [-0.1, -0.05) is 11.6 Å². The first-order chi connectivity index (χ1) is 9.59. The van der Waals surface area contributed by atoms with Crippen LogP contribution in [0.25, 0.3) is 5.69 Å². The molecule has 0 atom stereocenters. The van der Waals surface area contributed by atoms with Crippen LogP contribution in [0.15, 0.2) is 24.3 Å². The molecule has 3 nitrogen and oxygen atoms in total. The number of fused-ring (bicyclic) bond motifs is 1. The monoisotopic (exact) mass is 289 g/mol. The van der Waals surface area contributed by atoms with Crippen LogP contribution in [0.5, 0.6) is 0 Å². The Kier molecular flexibility index (Phi) is 3.30. The van der Waals surface area contributed by atoms with E-state index in [2.05, 4.69) is 4.57 Å². The molecule has 0 saturated carbocycles. The van der Waals surface area contributed by atoms with E-state index >= 15 is 0 Å². The van der Waals surface area contributed by atoms with E-state index < -0.39 is 5.97 Å². The average molecular weight is 290 g/mol. The number of carboxylic acid groups (broad SMARTS) is 1. The molecule has 104 valence electrons. The minimum absolute atomic E-state index is 0.481. The lowest BCUT2D eigenvalue weighted by atomic mass is 9.94. The molecule has 1 aliphatic carbocycles. The van der Waals surface area contributed by atoms with E-state index in [9.17, 15) is 9.90 Å². The van der Waals surface area contributed by atoms with Crippen molar-refractivity contribution < 1.29 is 9.90 Å². The summed E-state index contributed by atoms with van der Waals surface area (Å²) < 4.78 is 2.08. The molecular weight excluding hydrogens is 274 g/mol. The summed E-state index contributed by atoms with van der Waals surface area (Å²) in [6.07, 6.45) is 3.98. The maximum atomic E-state index is 11.6. The SMILES string of the molecule is Cc1c(C(=O)O)c2c(n1-c1ccc(Cl)cc1)CCCC2. The molecule has 0 bridgehead atoms. The highest BCUT2D eigenvalue weighted by atomic mass is 35.5. The molecule has 1 aromatic heterocycles. The summed E-state index contributed by atoms with van der Waals surface area (Å²) in [5.74, 6) is -0.826. The summed E-state index contributed by atoms with van der Waals surface area (Å²) in [5, 5.41) is 10.2. The molecule has 20 heavy (non-hydrogen) atoms. The first kappa shape index (κ1) is 13.3. The van der Waals surface area contributed by atoms with Crippen molar-refractivity contribution in [3.63, 3.8) is 0 Å². The predicted octanol–water partition coefficient (Wildman–Crippen LogP) is 4.02. The molecule has 3 rings (SSSR count). The number of halogens is 1. The fraction of sp³-hybridized carbons (Fsp3) is 0.312. The highest BCUT2D eigenvalue weighted by molar-refractivity contribution is 6.30. The number of hydrogen-bond acceptors (Lipinski definition) is 1. The van der Waals surface area contributed by atoms with E-state index in [0.29, 0.717) is 10.6 Å². The Morgan fingerprint density at radius 1 is 1.20 bits per heavy atom. The lowest BCUT2D eigenvalue weighted by molar-refractivity contribution is 0.0695. The van der Waals surface area contributed by atoms with E-state index in [1.807, 2.05) is 31.2 Å². The van der Waals surface area contributed by atoms with Crippen molar-refractivity contribution in [1.82, 2.24) is 4.57 Å². The zero-order chi connectivity index (χ0) is 14.3. The second-order valence-corrected chi connectivity index (χ2v) is 5.65. The largest absolute Gasteiger partial charge is 0.478 e. The second-order valence-electron chi connectivity index (χ2n) is 5.21. The van der Waals surface area contributed by atoms with Gasteiger partial charge in [0.15, 0.2) is 0 Å². The number of carbonyl (C=O) groups is 1. The standard InChI is InChI=1S/C16H16ClNO2/c1-10-15(16(19)20)13-4-2-3-5-14(13)18(10)12-8-6-11(17)7-9-12/h6-9H,2-5H2,1H3,(H,19,20). The molecule has 0 radical (unpaired) electrons. The molecule has 0 saturated heterocycles.